The summed E-state index contributed by atoms with van der Waals surface area (Å²) in [6.07, 6.45) is 0. The van der Waals surface area contributed by atoms with Gasteiger partial charge >= 0.3 is 11.9 Å². The highest BCUT2D eigenvalue weighted by atomic mass is 16.5. The number of ketones is 1. The Morgan fingerprint density at radius 3 is 2.33 bits per heavy atom. The molecule has 0 saturated carbocycles. The van der Waals surface area contributed by atoms with Crippen molar-refractivity contribution in [2.45, 2.75) is 27.7 Å². The zero-order chi connectivity index (χ0) is 18.0. The predicted octanol–water partition coefficient (Wildman–Crippen LogP) is 2.67. The van der Waals surface area contributed by atoms with Crippen molar-refractivity contribution in [2.75, 3.05) is 13.7 Å². The average Bonchev–Trinajstić information content (AvgIpc) is 3.02. The fraction of sp³-hybridized carbons (Fsp3) is 0.353. The van der Waals surface area contributed by atoms with Crippen molar-refractivity contribution >= 4 is 17.7 Å². The molecule has 0 amide bonds. The van der Waals surface area contributed by atoms with Crippen LogP contribution in [0.15, 0.2) is 10.5 Å². The number of methoxy groups -OCH3 is 1. The maximum atomic E-state index is 12.3. The molecule has 0 aromatic carbocycles. The molecule has 0 fully saturated rings. The van der Waals surface area contributed by atoms with Gasteiger partial charge in [-0.2, -0.15) is 0 Å². The molecule has 2 rings (SSSR count). The molecule has 24 heavy (non-hydrogen) atoms. The zero-order valence-corrected chi connectivity index (χ0v) is 14.2. The topological polar surface area (TPSA) is 98.6 Å². The molecular formula is C17H19NO6. The van der Waals surface area contributed by atoms with Crippen LogP contribution in [-0.2, 0) is 9.47 Å². The largest absolute Gasteiger partial charge is 0.466 e. The second-order valence-corrected chi connectivity index (χ2v) is 5.44. The zero-order valence-electron chi connectivity index (χ0n) is 14.2. The SMILES string of the molecule is COC(=O)c1c(C)[nH]c(C(=O)COC(=O)c2cc(C)oc2C)c1C. The summed E-state index contributed by atoms with van der Waals surface area (Å²) >= 11 is 0. The number of Topliss-reactive ketones (excluding diaryl/α,β-unsaturated/α-hetero) is 1. The summed E-state index contributed by atoms with van der Waals surface area (Å²) in [6.45, 7) is 6.22. The molecule has 0 aliphatic rings. The number of H-pyrrole nitrogens is 1. The van der Waals surface area contributed by atoms with Crippen LogP contribution in [0.5, 0.6) is 0 Å². The van der Waals surface area contributed by atoms with Gasteiger partial charge in [-0.15, -0.1) is 0 Å². The van der Waals surface area contributed by atoms with Gasteiger partial charge in [-0.3, -0.25) is 4.79 Å². The number of nitrogens with one attached hydrogen (secondary N) is 1. The Hall–Kier alpha value is -2.83. The van der Waals surface area contributed by atoms with Crippen molar-refractivity contribution in [3.63, 3.8) is 0 Å². The van der Waals surface area contributed by atoms with Gasteiger partial charge in [0.05, 0.1) is 18.4 Å². The first-order valence-electron chi connectivity index (χ1n) is 7.31. The Balaban J connectivity index is 2.12. The van der Waals surface area contributed by atoms with Crippen LogP contribution in [-0.4, -0.2) is 36.4 Å². The summed E-state index contributed by atoms with van der Waals surface area (Å²) in [5.74, 6) is -0.570. The first kappa shape index (κ1) is 17.5. The summed E-state index contributed by atoms with van der Waals surface area (Å²) in [5, 5.41) is 0. The molecule has 2 aromatic heterocycles. The fourth-order valence-electron chi connectivity index (χ4n) is 2.55. The molecule has 2 aromatic rings. The quantitative estimate of drug-likeness (QED) is 0.667. The van der Waals surface area contributed by atoms with Crippen LogP contribution < -0.4 is 0 Å². The van der Waals surface area contributed by atoms with E-state index in [1.165, 1.54) is 7.11 Å². The third-order valence-electron chi connectivity index (χ3n) is 3.70. The van der Waals surface area contributed by atoms with Gasteiger partial charge in [0, 0.05) is 5.69 Å². The molecule has 128 valence electrons. The summed E-state index contributed by atoms with van der Waals surface area (Å²) in [6, 6.07) is 1.56. The van der Waals surface area contributed by atoms with Gasteiger partial charge in [0.15, 0.2) is 6.61 Å². The van der Waals surface area contributed by atoms with E-state index in [0.717, 1.165) is 0 Å². The highest BCUT2D eigenvalue weighted by molar-refractivity contribution is 6.03. The van der Waals surface area contributed by atoms with Crippen LogP contribution in [0.3, 0.4) is 0 Å². The highest BCUT2D eigenvalue weighted by Crippen LogP contribution is 2.20. The monoisotopic (exact) mass is 333 g/mol. The van der Waals surface area contributed by atoms with Crippen LogP contribution in [0, 0.1) is 27.7 Å². The lowest BCUT2D eigenvalue weighted by Crippen LogP contribution is -2.15. The third kappa shape index (κ3) is 3.24. The summed E-state index contributed by atoms with van der Waals surface area (Å²) in [4.78, 5) is 38.9. The van der Waals surface area contributed by atoms with E-state index >= 15 is 0 Å². The molecule has 0 bridgehead atoms. The number of esters is 2. The minimum atomic E-state index is -0.633. The number of ether oxygens (including phenoxy) is 2. The standard InChI is InChI=1S/C17H19NO6/c1-8-6-12(11(4)24-8)16(20)23-7-13(19)15-9(2)14(10(3)18-15)17(21)22-5/h6,18H,7H2,1-5H3. The first-order chi connectivity index (χ1) is 11.3. The minimum Gasteiger partial charge on any atom is -0.466 e. The summed E-state index contributed by atoms with van der Waals surface area (Å²) in [7, 11) is 1.27. The van der Waals surface area contributed by atoms with Crippen molar-refractivity contribution in [3.8, 4) is 0 Å². The van der Waals surface area contributed by atoms with E-state index in [2.05, 4.69) is 4.98 Å². The third-order valence-corrected chi connectivity index (χ3v) is 3.70. The number of furan rings is 1. The van der Waals surface area contributed by atoms with Crippen LogP contribution in [0.4, 0.5) is 0 Å². The molecule has 1 N–H and O–H groups in total. The molecule has 0 radical (unpaired) electrons. The van der Waals surface area contributed by atoms with Gasteiger partial charge in [0.25, 0.3) is 0 Å². The molecule has 0 saturated heterocycles. The number of carbonyl (C=O) groups excluding carboxylic acids is 3. The van der Waals surface area contributed by atoms with Crippen molar-refractivity contribution in [1.29, 1.82) is 0 Å². The number of carbonyl (C=O) groups is 3. The van der Waals surface area contributed by atoms with E-state index in [1.54, 1.807) is 33.8 Å². The maximum absolute atomic E-state index is 12.3. The van der Waals surface area contributed by atoms with Gasteiger partial charge in [-0.05, 0) is 39.3 Å². The van der Waals surface area contributed by atoms with Gasteiger partial charge in [0.2, 0.25) is 5.78 Å². The van der Waals surface area contributed by atoms with Crippen molar-refractivity contribution in [1.82, 2.24) is 4.98 Å². The van der Waals surface area contributed by atoms with Gasteiger partial charge in [0.1, 0.15) is 17.1 Å². The number of hydrogen-bond acceptors (Lipinski definition) is 6. The van der Waals surface area contributed by atoms with Crippen LogP contribution in [0.2, 0.25) is 0 Å². The second kappa shape index (κ2) is 6.74. The lowest BCUT2D eigenvalue weighted by Gasteiger charge is -2.04. The Bertz CT molecular complexity index is 811. The molecule has 0 spiro atoms. The Kier molecular flexibility index (Phi) is 4.92. The van der Waals surface area contributed by atoms with Crippen LogP contribution >= 0.6 is 0 Å². The van der Waals surface area contributed by atoms with Crippen molar-refractivity contribution < 1.29 is 28.3 Å². The van der Waals surface area contributed by atoms with E-state index < -0.39 is 24.3 Å². The van der Waals surface area contributed by atoms with Gasteiger partial charge < -0.3 is 18.9 Å². The Morgan fingerprint density at radius 1 is 1.12 bits per heavy atom. The maximum Gasteiger partial charge on any atom is 0.342 e. The lowest BCUT2D eigenvalue weighted by molar-refractivity contribution is 0.0471. The first-order valence-corrected chi connectivity index (χ1v) is 7.31. The van der Waals surface area contributed by atoms with Crippen molar-refractivity contribution in [2.24, 2.45) is 0 Å². The number of aryl methyl sites for hydroxylation is 3. The molecule has 7 heteroatoms. The molecule has 2 heterocycles. The highest BCUT2D eigenvalue weighted by Gasteiger charge is 2.24. The van der Waals surface area contributed by atoms with Crippen LogP contribution in [0.25, 0.3) is 0 Å². The van der Waals surface area contributed by atoms with E-state index in [-0.39, 0.29) is 11.3 Å². The average molecular weight is 333 g/mol. The van der Waals surface area contributed by atoms with E-state index in [1.807, 2.05) is 0 Å². The number of aromatic amines is 1. The van der Waals surface area contributed by atoms with Crippen LogP contribution in [0.1, 0.15) is 54.0 Å². The van der Waals surface area contributed by atoms with Gasteiger partial charge in [-0.1, -0.05) is 0 Å². The van der Waals surface area contributed by atoms with Gasteiger partial charge in [-0.25, -0.2) is 9.59 Å². The second-order valence-electron chi connectivity index (χ2n) is 5.44. The van der Waals surface area contributed by atoms with E-state index in [0.29, 0.717) is 28.3 Å². The summed E-state index contributed by atoms with van der Waals surface area (Å²) in [5.41, 5.74) is 1.82. The predicted molar refractivity (Wildman–Crippen MR) is 84.4 cm³/mol. The molecule has 0 atom stereocenters. The molecule has 0 aliphatic heterocycles. The number of hydrogen-bond donors (Lipinski definition) is 1. The minimum absolute atomic E-state index is 0.223. The number of rotatable bonds is 5. The molecule has 0 unspecified atom stereocenters. The normalized spacial score (nSPS) is 10.5. The Morgan fingerprint density at radius 2 is 1.79 bits per heavy atom. The van der Waals surface area contributed by atoms with Crippen molar-refractivity contribution in [3.05, 3.63) is 45.7 Å². The Labute approximate surface area is 138 Å². The number of aromatic nitrogens is 1. The fourth-order valence-corrected chi connectivity index (χ4v) is 2.55. The molecule has 7 nitrogen and oxygen atoms in total. The molecular weight excluding hydrogens is 314 g/mol. The smallest absolute Gasteiger partial charge is 0.342 e. The summed E-state index contributed by atoms with van der Waals surface area (Å²) < 4.78 is 15.0. The van der Waals surface area contributed by atoms with E-state index in [4.69, 9.17) is 13.9 Å². The lowest BCUT2D eigenvalue weighted by atomic mass is 10.1. The molecule has 0 aliphatic carbocycles. The van der Waals surface area contributed by atoms with E-state index in [9.17, 15) is 14.4 Å².